The van der Waals surface area contributed by atoms with E-state index in [9.17, 15) is 4.79 Å². The van der Waals surface area contributed by atoms with Crippen LogP contribution in [0.5, 0.6) is 0 Å². The molecule has 1 saturated heterocycles. The fourth-order valence-corrected chi connectivity index (χ4v) is 4.11. The van der Waals surface area contributed by atoms with Crippen LogP contribution in [-0.2, 0) is 0 Å². The summed E-state index contributed by atoms with van der Waals surface area (Å²) in [5.74, 6) is 1.65. The topological polar surface area (TPSA) is 69.3 Å². The highest BCUT2D eigenvalue weighted by molar-refractivity contribution is 6.01. The smallest absolute Gasteiger partial charge is 0.323 e. The van der Waals surface area contributed by atoms with Crippen LogP contribution in [0.3, 0.4) is 0 Å². The molecule has 3 N–H and O–H groups in total. The third-order valence-corrected chi connectivity index (χ3v) is 5.65. The van der Waals surface area contributed by atoms with Crippen LogP contribution in [0.4, 0.5) is 27.7 Å². The van der Waals surface area contributed by atoms with Gasteiger partial charge in [-0.15, -0.1) is 0 Å². The van der Waals surface area contributed by atoms with Gasteiger partial charge in [0.15, 0.2) is 5.82 Å². The van der Waals surface area contributed by atoms with Crippen molar-refractivity contribution in [3.63, 3.8) is 0 Å². The van der Waals surface area contributed by atoms with Crippen molar-refractivity contribution in [3.8, 4) is 0 Å². The average molecular weight is 380 g/mol. The minimum absolute atomic E-state index is 0.250. The van der Waals surface area contributed by atoms with E-state index in [4.69, 9.17) is 0 Å². The third-order valence-electron chi connectivity index (χ3n) is 5.65. The van der Waals surface area contributed by atoms with Crippen molar-refractivity contribution in [3.05, 3.63) is 42.6 Å². The number of amides is 2. The van der Waals surface area contributed by atoms with Gasteiger partial charge in [0.2, 0.25) is 0 Å². The highest BCUT2D eigenvalue weighted by Gasteiger charge is 2.18. The summed E-state index contributed by atoms with van der Waals surface area (Å²) in [6.45, 7) is 3.01. The van der Waals surface area contributed by atoms with Crippen molar-refractivity contribution in [2.75, 3.05) is 40.5 Å². The summed E-state index contributed by atoms with van der Waals surface area (Å²) in [4.78, 5) is 19.1. The molecule has 1 aromatic heterocycles. The summed E-state index contributed by atoms with van der Waals surface area (Å²) in [6.07, 6.45) is 9.50. The second-order valence-corrected chi connectivity index (χ2v) is 7.76. The van der Waals surface area contributed by atoms with Gasteiger partial charge >= 0.3 is 6.03 Å². The molecule has 148 valence electrons. The van der Waals surface area contributed by atoms with Crippen molar-refractivity contribution < 1.29 is 4.79 Å². The standard InChI is InChI=1S/C22H29N5O/c28-22(26-20-8-5-13-23-21(20)27-14-3-4-15-27)25-19-11-9-18(10-12-19)24-16-17-6-1-2-7-17/h5,8-13,17,24H,1-4,6-7,14-16H2,(H2,25,26,28). The first-order chi connectivity index (χ1) is 13.8. The molecular weight excluding hydrogens is 350 g/mol. The number of carbonyl (C=O) groups is 1. The van der Waals surface area contributed by atoms with Crippen LogP contribution in [0, 0.1) is 5.92 Å². The number of hydrogen-bond donors (Lipinski definition) is 3. The highest BCUT2D eigenvalue weighted by atomic mass is 16.2. The number of nitrogens with zero attached hydrogens (tertiary/aromatic N) is 2. The number of rotatable bonds is 6. The lowest BCUT2D eigenvalue weighted by Crippen LogP contribution is -2.24. The molecule has 1 aliphatic heterocycles. The quantitative estimate of drug-likeness (QED) is 0.666. The van der Waals surface area contributed by atoms with Gasteiger partial charge in [-0.2, -0.15) is 0 Å². The Balaban J connectivity index is 1.31. The molecule has 0 radical (unpaired) electrons. The maximum atomic E-state index is 12.4. The summed E-state index contributed by atoms with van der Waals surface area (Å²) < 4.78 is 0. The van der Waals surface area contributed by atoms with Crippen molar-refractivity contribution >= 4 is 28.9 Å². The number of anilines is 4. The summed E-state index contributed by atoms with van der Waals surface area (Å²) in [5.41, 5.74) is 2.62. The van der Waals surface area contributed by atoms with Crippen LogP contribution in [0.1, 0.15) is 38.5 Å². The molecular formula is C22H29N5O. The van der Waals surface area contributed by atoms with Crippen molar-refractivity contribution in [2.45, 2.75) is 38.5 Å². The van der Waals surface area contributed by atoms with E-state index in [1.807, 2.05) is 36.4 Å². The van der Waals surface area contributed by atoms with E-state index in [0.29, 0.717) is 0 Å². The summed E-state index contributed by atoms with van der Waals surface area (Å²) in [5, 5.41) is 9.35. The number of aromatic nitrogens is 1. The molecule has 2 fully saturated rings. The molecule has 0 bridgehead atoms. The molecule has 6 heteroatoms. The molecule has 1 aliphatic carbocycles. The Kier molecular flexibility index (Phi) is 5.95. The van der Waals surface area contributed by atoms with Crippen LogP contribution < -0.4 is 20.9 Å². The Bertz CT molecular complexity index is 780. The maximum absolute atomic E-state index is 12.4. The normalized spacial score (nSPS) is 16.9. The second-order valence-electron chi connectivity index (χ2n) is 7.76. The largest absolute Gasteiger partial charge is 0.385 e. The predicted molar refractivity (Wildman–Crippen MR) is 115 cm³/mol. The van der Waals surface area contributed by atoms with E-state index in [1.54, 1.807) is 6.20 Å². The minimum atomic E-state index is -0.250. The van der Waals surface area contributed by atoms with E-state index in [-0.39, 0.29) is 6.03 Å². The van der Waals surface area contributed by atoms with Crippen LogP contribution in [0.2, 0.25) is 0 Å². The van der Waals surface area contributed by atoms with Crippen LogP contribution in [0.15, 0.2) is 42.6 Å². The van der Waals surface area contributed by atoms with Crippen LogP contribution in [0.25, 0.3) is 0 Å². The molecule has 0 spiro atoms. The predicted octanol–water partition coefficient (Wildman–Crippen LogP) is 4.93. The van der Waals surface area contributed by atoms with Gasteiger partial charge in [0.05, 0.1) is 5.69 Å². The van der Waals surface area contributed by atoms with Gasteiger partial charge in [-0.25, -0.2) is 9.78 Å². The number of benzene rings is 1. The maximum Gasteiger partial charge on any atom is 0.323 e. The number of urea groups is 1. The van der Waals surface area contributed by atoms with Gasteiger partial charge in [0.25, 0.3) is 0 Å². The van der Waals surface area contributed by atoms with E-state index >= 15 is 0 Å². The molecule has 2 aliphatic rings. The Morgan fingerprint density at radius 1 is 0.964 bits per heavy atom. The lowest BCUT2D eigenvalue weighted by molar-refractivity contribution is 0.262. The van der Waals surface area contributed by atoms with E-state index in [2.05, 4.69) is 25.8 Å². The Morgan fingerprint density at radius 2 is 1.68 bits per heavy atom. The molecule has 2 aromatic rings. The molecule has 2 amide bonds. The Hall–Kier alpha value is -2.76. The SMILES string of the molecule is O=C(Nc1ccc(NCC2CCCC2)cc1)Nc1cccnc1N1CCCC1. The molecule has 1 saturated carbocycles. The first kappa shape index (κ1) is 18.6. The minimum Gasteiger partial charge on any atom is -0.385 e. The van der Waals surface area contributed by atoms with Gasteiger partial charge in [-0.05, 0) is 68.0 Å². The lowest BCUT2D eigenvalue weighted by atomic mass is 10.1. The Morgan fingerprint density at radius 3 is 2.43 bits per heavy atom. The zero-order chi connectivity index (χ0) is 19.2. The fourth-order valence-electron chi connectivity index (χ4n) is 4.11. The molecule has 0 unspecified atom stereocenters. The average Bonchev–Trinajstić information content (AvgIpc) is 3.42. The highest BCUT2D eigenvalue weighted by Crippen LogP contribution is 2.27. The molecule has 28 heavy (non-hydrogen) atoms. The molecule has 2 heterocycles. The van der Waals surface area contributed by atoms with Crippen molar-refractivity contribution in [1.82, 2.24) is 4.98 Å². The number of nitrogens with one attached hydrogen (secondary N) is 3. The van der Waals surface area contributed by atoms with Crippen LogP contribution >= 0.6 is 0 Å². The lowest BCUT2D eigenvalue weighted by Gasteiger charge is -2.20. The second kappa shape index (κ2) is 8.95. The zero-order valence-corrected chi connectivity index (χ0v) is 16.3. The van der Waals surface area contributed by atoms with Crippen molar-refractivity contribution in [2.24, 2.45) is 5.92 Å². The number of carbonyl (C=O) groups excluding carboxylic acids is 1. The number of hydrogen-bond acceptors (Lipinski definition) is 4. The van der Waals surface area contributed by atoms with Gasteiger partial charge < -0.3 is 20.9 Å². The first-order valence-electron chi connectivity index (χ1n) is 10.4. The Labute approximate surface area is 166 Å². The van der Waals surface area contributed by atoms with E-state index < -0.39 is 0 Å². The van der Waals surface area contributed by atoms with Gasteiger partial charge in [-0.3, -0.25) is 0 Å². The van der Waals surface area contributed by atoms with E-state index in [0.717, 1.165) is 48.4 Å². The van der Waals surface area contributed by atoms with Gasteiger partial charge in [0.1, 0.15) is 0 Å². The fraction of sp³-hybridized carbons (Fsp3) is 0.455. The summed E-state index contributed by atoms with van der Waals surface area (Å²) in [7, 11) is 0. The van der Waals surface area contributed by atoms with Gasteiger partial charge in [-0.1, -0.05) is 12.8 Å². The molecule has 6 nitrogen and oxygen atoms in total. The van der Waals surface area contributed by atoms with Gasteiger partial charge in [0, 0.05) is 37.2 Å². The molecule has 0 atom stereocenters. The first-order valence-corrected chi connectivity index (χ1v) is 10.4. The number of pyridine rings is 1. The van der Waals surface area contributed by atoms with Crippen molar-refractivity contribution in [1.29, 1.82) is 0 Å². The third kappa shape index (κ3) is 4.74. The zero-order valence-electron chi connectivity index (χ0n) is 16.3. The summed E-state index contributed by atoms with van der Waals surface area (Å²) >= 11 is 0. The molecule has 4 rings (SSSR count). The molecule has 1 aromatic carbocycles. The van der Waals surface area contributed by atoms with E-state index in [1.165, 1.54) is 38.5 Å². The monoisotopic (exact) mass is 379 g/mol. The van der Waals surface area contributed by atoms with Crippen LogP contribution in [-0.4, -0.2) is 30.6 Å². The summed E-state index contributed by atoms with van der Waals surface area (Å²) in [6, 6.07) is 11.4.